The van der Waals surface area contributed by atoms with Crippen molar-refractivity contribution in [2.75, 3.05) is 5.32 Å². The molecule has 3 rings (SSSR count). The molecule has 2 N–H and O–H groups in total. The van der Waals surface area contributed by atoms with Crippen LogP contribution in [0.25, 0.3) is 10.9 Å². The molecule has 3 aromatic rings. The summed E-state index contributed by atoms with van der Waals surface area (Å²) in [6, 6.07) is 18.5. The van der Waals surface area contributed by atoms with Crippen molar-refractivity contribution < 1.29 is 9.90 Å². The maximum Gasteiger partial charge on any atom is 0.309 e. The van der Waals surface area contributed by atoms with Crippen LogP contribution in [0.4, 0.5) is 11.4 Å². The van der Waals surface area contributed by atoms with Crippen LogP contribution in [0.2, 0.25) is 0 Å². The second kappa shape index (κ2) is 6.16. The molecule has 5 heteroatoms. The lowest BCUT2D eigenvalue weighted by Gasteiger charge is -2.11. The zero-order chi connectivity index (χ0) is 16.2. The molecule has 5 nitrogen and oxygen atoms in total. The second-order valence-corrected chi connectivity index (χ2v) is 5.07. The molecule has 0 amide bonds. The van der Waals surface area contributed by atoms with Crippen molar-refractivity contribution in [3.05, 3.63) is 65.9 Å². The predicted octanol–water partition coefficient (Wildman–Crippen LogP) is 3.48. The average molecular weight is 303 g/mol. The van der Waals surface area contributed by atoms with Gasteiger partial charge in [-0.1, -0.05) is 24.3 Å². The van der Waals surface area contributed by atoms with E-state index in [2.05, 4.69) is 16.4 Å². The Hall–Kier alpha value is -3.39. The van der Waals surface area contributed by atoms with Crippen LogP contribution in [0.5, 0.6) is 0 Å². The number of carbonyl (C=O) groups is 1. The van der Waals surface area contributed by atoms with Gasteiger partial charge in [0.2, 0.25) is 0 Å². The number of rotatable bonds is 4. The first-order valence-corrected chi connectivity index (χ1v) is 7.03. The smallest absolute Gasteiger partial charge is 0.309 e. The molecule has 0 aliphatic rings. The Bertz CT molecular complexity index is 929. The molecule has 0 fully saturated rings. The lowest BCUT2D eigenvalue weighted by atomic mass is 10.1. The van der Waals surface area contributed by atoms with Crippen molar-refractivity contribution in [1.29, 1.82) is 5.26 Å². The number of hydrogen-bond donors (Lipinski definition) is 2. The molecule has 2 aromatic carbocycles. The summed E-state index contributed by atoms with van der Waals surface area (Å²) in [5, 5.41) is 22.1. The van der Waals surface area contributed by atoms with Crippen LogP contribution in [0.3, 0.4) is 0 Å². The number of nitrogens with one attached hydrogen (secondary N) is 1. The summed E-state index contributed by atoms with van der Waals surface area (Å²) < 4.78 is 0. The van der Waals surface area contributed by atoms with Gasteiger partial charge in [0.1, 0.15) is 0 Å². The molecule has 0 aliphatic carbocycles. The molecule has 0 aliphatic heterocycles. The highest BCUT2D eigenvalue weighted by molar-refractivity contribution is 5.93. The number of pyridine rings is 1. The molecular formula is C18H13N3O2. The summed E-state index contributed by atoms with van der Waals surface area (Å²) in [6.07, 6.45) is -0.141. The number of nitriles is 1. The Morgan fingerprint density at radius 2 is 2.00 bits per heavy atom. The van der Waals surface area contributed by atoms with Crippen molar-refractivity contribution in [2.45, 2.75) is 6.42 Å². The van der Waals surface area contributed by atoms with Crippen LogP contribution in [0.15, 0.2) is 54.6 Å². The molecule has 23 heavy (non-hydrogen) atoms. The minimum absolute atomic E-state index is 0.141. The Labute approximate surface area is 132 Å². The zero-order valence-corrected chi connectivity index (χ0v) is 12.2. The molecule has 0 radical (unpaired) electrons. The first-order chi connectivity index (χ1) is 11.2. The van der Waals surface area contributed by atoms with Gasteiger partial charge in [-0.15, -0.1) is 0 Å². The van der Waals surface area contributed by atoms with Gasteiger partial charge in [-0.05, 0) is 30.3 Å². The van der Waals surface area contributed by atoms with E-state index >= 15 is 0 Å². The Morgan fingerprint density at radius 3 is 2.78 bits per heavy atom. The van der Waals surface area contributed by atoms with E-state index in [1.54, 1.807) is 24.3 Å². The summed E-state index contributed by atoms with van der Waals surface area (Å²) >= 11 is 0. The monoisotopic (exact) mass is 303 g/mol. The molecule has 0 spiro atoms. The largest absolute Gasteiger partial charge is 0.481 e. The summed E-state index contributed by atoms with van der Waals surface area (Å²) in [5.41, 5.74) is 3.29. The number of nitrogens with zero attached hydrogens (tertiary/aromatic N) is 2. The lowest BCUT2D eigenvalue weighted by Crippen LogP contribution is -2.04. The van der Waals surface area contributed by atoms with Gasteiger partial charge in [-0.3, -0.25) is 9.78 Å². The molecule has 1 aromatic heterocycles. The van der Waals surface area contributed by atoms with E-state index in [4.69, 9.17) is 10.4 Å². The highest BCUT2D eigenvalue weighted by atomic mass is 16.4. The quantitative estimate of drug-likeness (QED) is 0.770. The van der Waals surface area contributed by atoms with Crippen LogP contribution in [-0.2, 0) is 11.2 Å². The van der Waals surface area contributed by atoms with Crippen molar-refractivity contribution in [3.63, 3.8) is 0 Å². The predicted molar refractivity (Wildman–Crippen MR) is 87.5 cm³/mol. The average Bonchev–Trinajstić information content (AvgIpc) is 2.54. The lowest BCUT2D eigenvalue weighted by molar-refractivity contribution is -0.136. The van der Waals surface area contributed by atoms with Crippen molar-refractivity contribution in [2.24, 2.45) is 0 Å². The number of aliphatic carboxylic acids is 1. The normalized spacial score (nSPS) is 10.2. The zero-order valence-electron chi connectivity index (χ0n) is 12.2. The molecule has 0 bridgehead atoms. The highest BCUT2D eigenvalue weighted by Crippen LogP contribution is 2.27. The van der Waals surface area contributed by atoms with Gasteiger partial charge in [0.25, 0.3) is 0 Å². The summed E-state index contributed by atoms with van der Waals surface area (Å²) in [4.78, 5) is 15.3. The molecule has 1 heterocycles. The molecule has 0 saturated carbocycles. The van der Waals surface area contributed by atoms with Gasteiger partial charge >= 0.3 is 5.97 Å². The van der Waals surface area contributed by atoms with Gasteiger partial charge in [0.15, 0.2) is 0 Å². The number of carboxylic acids is 1. The van der Waals surface area contributed by atoms with Crippen molar-refractivity contribution in [3.8, 4) is 6.07 Å². The third kappa shape index (κ3) is 3.27. The molecule has 0 saturated heterocycles. The van der Waals surface area contributed by atoms with E-state index in [1.807, 2.05) is 30.3 Å². The van der Waals surface area contributed by atoms with Gasteiger partial charge in [0.05, 0.1) is 29.3 Å². The van der Waals surface area contributed by atoms with Crippen molar-refractivity contribution >= 4 is 28.2 Å². The highest BCUT2D eigenvalue weighted by Gasteiger charge is 2.09. The van der Waals surface area contributed by atoms with Gasteiger partial charge in [0, 0.05) is 16.8 Å². The molecule has 0 unspecified atom stereocenters. The third-order valence-corrected chi connectivity index (χ3v) is 3.37. The molecule has 112 valence electrons. The fourth-order valence-electron chi connectivity index (χ4n) is 2.40. The molecule has 0 atom stereocenters. The van der Waals surface area contributed by atoms with Crippen LogP contribution in [0, 0.1) is 11.3 Å². The standard InChI is InChI=1S/C18H13N3O2/c19-11-12-4-3-5-13(8-12)20-17-9-14(10-18(22)23)21-16-7-2-1-6-15(16)17/h1-9H,10H2,(H,20,21)(H,22,23). The summed E-state index contributed by atoms with van der Waals surface area (Å²) in [5.74, 6) is -0.926. The Morgan fingerprint density at radius 1 is 1.17 bits per heavy atom. The number of benzene rings is 2. The third-order valence-electron chi connectivity index (χ3n) is 3.37. The van der Waals surface area contributed by atoms with Gasteiger partial charge in [-0.2, -0.15) is 5.26 Å². The van der Waals surface area contributed by atoms with Crippen LogP contribution < -0.4 is 5.32 Å². The number of anilines is 2. The first kappa shape index (κ1) is 14.5. The SMILES string of the molecule is N#Cc1cccc(Nc2cc(CC(=O)O)nc3ccccc23)c1. The van der Waals surface area contributed by atoms with E-state index in [-0.39, 0.29) is 6.42 Å². The van der Waals surface area contributed by atoms with E-state index in [1.165, 1.54) is 0 Å². The second-order valence-electron chi connectivity index (χ2n) is 5.07. The fraction of sp³-hybridized carbons (Fsp3) is 0.0556. The number of carboxylic acid groups (broad SMARTS) is 1. The number of para-hydroxylation sites is 1. The Balaban J connectivity index is 2.07. The number of fused-ring (bicyclic) bond motifs is 1. The van der Waals surface area contributed by atoms with Crippen molar-refractivity contribution in [1.82, 2.24) is 4.98 Å². The van der Waals surface area contributed by atoms with Gasteiger partial charge in [-0.25, -0.2) is 0 Å². The van der Waals surface area contributed by atoms with E-state index in [0.29, 0.717) is 11.3 Å². The van der Waals surface area contributed by atoms with Gasteiger partial charge < -0.3 is 10.4 Å². The maximum absolute atomic E-state index is 11.0. The number of hydrogen-bond acceptors (Lipinski definition) is 4. The maximum atomic E-state index is 11.0. The topological polar surface area (TPSA) is 86.0 Å². The van der Waals surface area contributed by atoms with E-state index in [0.717, 1.165) is 22.3 Å². The summed E-state index contributed by atoms with van der Waals surface area (Å²) in [7, 11) is 0. The first-order valence-electron chi connectivity index (χ1n) is 7.03. The van der Waals surface area contributed by atoms with E-state index in [9.17, 15) is 4.79 Å². The fourth-order valence-corrected chi connectivity index (χ4v) is 2.40. The van der Waals surface area contributed by atoms with Crippen LogP contribution in [-0.4, -0.2) is 16.1 Å². The Kier molecular flexibility index (Phi) is 3.89. The minimum Gasteiger partial charge on any atom is -0.481 e. The summed E-state index contributed by atoms with van der Waals surface area (Å²) in [6.45, 7) is 0. The minimum atomic E-state index is -0.926. The van der Waals surface area contributed by atoms with Crippen LogP contribution >= 0.6 is 0 Å². The number of aromatic nitrogens is 1. The van der Waals surface area contributed by atoms with E-state index < -0.39 is 5.97 Å². The molecular weight excluding hydrogens is 290 g/mol. The van der Waals surface area contributed by atoms with Crippen LogP contribution in [0.1, 0.15) is 11.3 Å².